The van der Waals surface area contributed by atoms with E-state index < -0.39 is 0 Å². The Morgan fingerprint density at radius 1 is 1.61 bits per heavy atom. The fraction of sp³-hybridized carbons (Fsp3) is 0.600. The maximum Gasteiger partial charge on any atom is 0.229 e. The van der Waals surface area contributed by atoms with Gasteiger partial charge in [-0.15, -0.1) is 5.10 Å². The maximum absolute atomic E-state index is 11.9. The lowest BCUT2D eigenvalue weighted by Gasteiger charge is -2.11. The number of carbonyl (C=O) groups is 2. The number of rotatable bonds is 4. The van der Waals surface area contributed by atoms with E-state index >= 15 is 0 Å². The molecule has 2 rings (SSSR count). The molecule has 1 fully saturated rings. The number of hydrogen-bond donors (Lipinski definition) is 1. The predicted octanol–water partition coefficient (Wildman–Crippen LogP) is 1.16. The molecule has 0 spiro atoms. The molecule has 1 aliphatic rings. The molecule has 8 heteroatoms. The molecule has 0 bridgehead atoms. The Morgan fingerprint density at radius 2 is 2.39 bits per heavy atom. The summed E-state index contributed by atoms with van der Waals surface area (Å²) in [6.07, 6.45) is 2.35. The summed E-state index contributed by atoms with van der Waals surface area (Å²) in [4.78, 5) is 28.6. The van der Waals surface area contributed by atoms with Crippen LogP contribution in [0.4, 0.5) is 5.95 Å². The Balaban J connectivity index is 1.98. The zero-order chi connectivity index (χ0) is 13.1. The van der Waals surface area contributed by atoms with Crippen molar-refractivity contribution < 1.29 is 9.59 Å². The molecule has 1 amide bonds. The Morgan fingerprint density at radius 3 is 3.00 bits per heavy atom. The SMILES string of the molecule is CSc1n[nH]c(N2CC(CSC(C)=O)CC2=O)n1. The van der Waals surface area contributed by atoms with Crippen molar-refractivity contribution >= 4 is 40.5 Å². The van der Waals surface area contributed by atoms with Gasteiger partial charge in [0, 0.05) is 25.6 Å². The number of carbonyl (C=O) groups excluding carboxylic acids is 2. The van der Waals surface area contributed by atoms with E-state index in [9.17, 15) is 9.59 Å². The second kappa shape index (κ2) is 5.75. The predicted molar refractivity (Wildman–Crippen MR) is 71.8 cm³/mol. The molecule has 1 saturated heterocycles. The molecule has 1 aromatic rings. The lowest BCUT2D eigenvalue weighted by Crippen LogP contribution is -2.26. The van der Waals surface area contributed by atoms with Gasteiger partial charge in [0.1, 0.15) is 0 Å². The second-order valence-corrected chi connectivity index (χ2v) is 5.99. The number of anilines is 1. The molecule has 1 aliphatic heterocycles. The van der Waals surface area contributed by atoms with Crippen LogP contribution < -0.4 is 4.90 Å². The fourth-order valence-electron chi connectivity index (χ4n) is 1.78. The number of amides is 1. The molecule has 18 heavy (non-hydrogen) atoms. The minimum absolute atomic E-state index is 0.0351. The van der Waals surface area contributed by atoms with Crippen LogP contribution in [0.25, 0.3) is 0 Å². The number of aromatic amines is 1. The Labute approximate surface area is 113 Å². The van der Waals surface area contributed by atoms with Crippen LogP contribution in [0.2, 0.25) is 0 Å². The van der Waals surface area contributed by atoms with Crippen molar-refractivity contribution in [2.45, 2.75) is 18.5 Å². The van der Waals surface area contributed by atoms with Crippen molar-refractivity contribution in [1.29, 1.82) is 0 Å². The van der Waals surface area contributed by atoms with Gasteiger partial charge in [-0.25, -0.2) is 5.10 Å². The summed E-state index contributed by atoms with van der Waals surface area (Å²) in [5, 5.41) is 7.46. The van der Waals surface area contributed by atoms with E-state index in [1.165, 1.54) is 23.5 Å². The third-order valence-corrected chi connectivity index (χ3v) is 4.21. The standard InChI is InChI=1S/C10H14N4O2S2/c1-6(15)18-5-7-3-8(16)14(4-7)9-11-10(17-2)13-12-9/h7H,3-5H2,1-2H3,(H,11,12,13). The summed E-state index contributed by atoms with van der Waals surface area (Å²) < 4.78 is 0. The van der Waals surface area contributed by atoms with Gasteiger partial charge in [-0.05, 0) is 12.2 Å². The van der Waals surface area contributed by atoms with E-state index in [1.54, 1.807) is 11.8 Å². The van der Waals surface area contributed by atoms with Crippen LogP contribution in [-0.2, 0) is 9.59 Å². The summed E-state index contributed by atoms with van der Waals surface area (Å²) in [5.74, 6) is 1.42. The van der Waals surface area contributed by atoms with Gasteiger partial charge >= 0.3 is 0 Å². The van der Waals surface area contributed by atoms with E-state index in [2.05, 4.69) is 15.2 Å². The van der Waals surface area contributed by atoms with E-state index in [-0.39, 0.29) is 16.9 Å². The third-order valence-electron chi connectivity index (χ3n) is 2.62. The molecule has 1 unspecified atom stereocenters. The minimum Gasteiger partial charge on any atom is -0.288 e. The first-order chi connectivity index (χ1) is 8.60. The average Bonchev–Trinajstić information content (AvgIpc) is 2.92. The normalized spacial score (nSPS) is 19.6. The van der Waals surface area contributed by atoms with E-state index in [4.69, 9.17) is 0 Å². The van der Waals surface area contributed by atoms with Crippen LogP contribution in [-0.4, -0.2) is 44.8 Å². The molecule has 0 saturated carbocycles. The van der Waals surface area contributed by atoms with Crippen molar-refractivity contribution in [2.24, 2.45) is 5.92 Å². The highest BCUT2D eigenvalue weighted by molar-refractivity contribution is 8.13. The first-order valence-corrected chi connectivity index (χ1v) is 7.71. The molecular formula is C10H14N4O2S2. The minimum atomic E-state index is 0.0351. The summed E-state index contributed by atoms with van der Waals surface area (Å²) in [7, 11) is 0. The average molecular weight is 286 g/mol. The highest BCUT2D eigenvalue weighted by atomic mass is 32.2. The summed E-state index contributed by atoms with van der Waals surface area (Å²) in [6.45, 7) is 2.14. The topological polar surface area (TPSA) is 79.0 Å². The highest BCUT2D eigenvalue weighted by Gasteiger charge is 2.32. The van der Waals surface area contributed by atoms with Crippen molar-refractivity contribution in [2.75, 3.05) is 23.5 Å². The molecule has 2 heterocycles. The number of nitrogens with one attached hydrogen (secondary N) is 1. The Kier molecular flexibility index (Phi) is 4.28. The smallest absolute Gasteiger partial charge is 0.229 e. The number of thioether (sulfide) groups is 2. The zero-order valence-corrected chi connectivity index (χ0v) is 11.8. The second-order valence-electron chi connectivity index (χ2n) is 4.02. The van der Waals surface area contributed by atoms with Gasteiger partial charge in [0.15, 0.2) is 5.12 Å². The van der Waals surface area contributed by atoms with Gasteiger partial charge in [0.05, 0.1) is 0 Å². The lowest BCUT2D eigenvalue weighted by atomic mass is 10.1. The number of aromatic nitrogens is 3. The van der Waals surface area contributed by atoms with Gasteiger partial charge in [0.25, 0.3) is 0 Å². The summed E-state index contributed by atoms with van der Waals surface area (Å²) >= 11 is 2.69. The number of H-pyrrole nitrogens is 1. The number of hydrogen-bond acceptors (Lipinski definition) is 6. The van der Waals surface area contributed by atoms with Gasteiger partial charge in [0.2, 0.25) is 17.0 Å². The fourth-order valence-corrected chi connectivity index (χ4v) is 2.79. The quantitative estimate of drug-likeness (QED) is 0.837. The molecule has 6 nitrogen and oxygen atoms in total. The summed E-state index contributed by atoms with van der Waals surface area (Å²) in [5.41, 5.74) is 0. The van der Waals surface area contributed by atoms with Crippen LogP contribution in [0.5, 0.6) is 0 Å². The first kappa shape index (κ1) is 13.4. The lowest BCUT2D eigenvalue weighted by molar-refractivity contribution is -0.117. The third kappa shape index (κ3) is 3.05. The van der Waals surface area contributed by atoms with Crippen molar-refractivity contribution in [1.82, 2.24) is 15.2 Å². The van der Waals surface area contributed by atoms with Crippen LogP contribution in [0.3, 0.4) is 0 Å². The Bertz CT molecular complexity index is 462. The Hall–Kier alpha value is -1.02. The van der Waals surface area contributed by atoms with Crippen molar-refractivity contribution in [3.63, 3.8) is 0 Å². The molecule has 1 N–H and O–H groups in total. The van der Waals surface area contributed by atoms with Gasteiger partial charge in [-0.3, -0.25) is 14.5 Å². The van der Waals surface area contributed by atoms with Gasteiger partial charge < -0.3 is 0 Å². The van der Waals surface area contributed by atoms with Gasteiger partial charge in [-0.1, -0.05) is 23.5 Å². The van der Waals surface area contributed by atoms with Crippen LogP contribution >= 0.6 is 23.5 Å². The molecular weight excluding hydrogens is 272 g/mol. The van der Waals surface area contributed by atoms with E-state index in [1.807, 2.05) is 6.26 Å². The van der Waals surface area contributed by atoms with Crippen LogP contribution in [0.1, 0.15) is 13.3 Å². The van der Waals surface area contributed by atoms with E-state index in [0.717, 1.165) is 0 Å². The van der Waals surface area contributed by atoms with Crippen LogP contribution in [0.15, 0.2) is 5.16 Å². The van der Waals surface area contributed by atoms with Crippen molar-refractivity contribution in [3.05, 3.63) is 0 Å². The molecule has 0 radical (unpaired) electrons. The first-order valence-electron chi connectivity index (χ1n) is 5.50. The monoisotopic (exact) mass is 286 g/mol. The van der Waals surface area contributed by atoms with Gasteiger partial charge in [-0.2, -0.15) is 4.98 Å². The molecule has 98 valence electrons. The molecule has 1 atom stereocenters. The highest BCUT2D eigenvalue weighted by Crippen LogP contribution is 2.25. The molecule has 1 aromatic heterocycles. The maximum atomic E-state index is 11.9. The van der Waals surface area contributed by atoms with E-state index in [0.29, 0.717) is 29.8 Å². The van der Waals surface area contributed by atoms with Crippen LogP contribution in [0, 0.1) is 5.92 Å². The molecule has 0 aliphatic carbocycles. The number of nitrogens with zero attached hydrogens (tertiary/aromatic N) is 3. The van der Waals surface area contributed by atoms with Crippen molar-refractivity contribution in [3.8, 4) is 0 Å². The largest absolute Gasteiger partial charge is 0.288 e. The summed E-state index contributed by atoms with van der Waals surface area (Å²) in [6, 6.07) is 0. The zero-order valence-electron chi connectivity index (χ0n) is 10.2. The molecule has 0 aromatic carbocycles.